The topological polar surface area (TPSA) is 54.9 Å². The molecule has 0 saturated heterocycles. The summed E-state index contributed by atoms with van der Waals surface area (Å²) in [4.78, 5) is 13.1. The molecule has 4 aliphatic rings. The van der Waals surface area contributed by atoms with E-state index in [1.54, 1.807) is 0 Å². The quantitative estimate of drug-likeness (QED) is 0.933. The van der Waals surface area contributed by atoms with Crippen molar-refractivity contribution in [2.45, 2.75) is 58.4 Å². The van der Waals surface area contributed by atoms with Crippen molar-refractivity contribution in [3.8, 4) is 0 Å². The fourth-order valence-corrected chi connectivity index (χ4v) is 6.12. The lowest BCUT2D eigenvalue weighted by Gasteiger charge is -2.59. The first kappa shape index (κ1) is 13.7. The van der Waals surface area contributed by atoms with E-state index in [2.05, 4.69) is 21.8 Å². The van der Waals surface area contributed by atoms with Crippen LogP contribution < -0.4 is 5.32 Å². The highest BCUT2D eigenvalue weighted by molar-refractivity contribution is 7.08. The monoisotopic (exact) mass is 305 g/mol. The van der Waals surface area contributed by atoms with Crippen LogP contribution in [0.25, 0.3) is 0 Å². The van der Waals surface area contributed by atoms with Crippen molar-refractivity contribution >= 4 is 17.4 Å². The van der Waals surface area contributed by atoms with Gasteiger partial charge in [0.15, 0.2) is 0 Å². The van der Waals surface area contributed by atoms with E-state index in [0.29, 0.717) is 10.3 Å². The zero-order valence-corrected chi connectivity index (χ0v) is 13.6. The molecule has 0 aliphatic heterocycles. The van der Waals surface area contributed by atoms with Crippen LogP contribution in [0.1, 0.15) is 60.8 Å². The van der Waals surface area contributed by atoms with E-state index >= 15 is 0 Å². The predicted octanol–water partition coefficient (Wildman–Crippen LogP) is 3.18. The highest BCUT2D eigenvalue weighted by atomic mass is 32.1. The van der Waals surface area contributed by atoms with Crippen molar-refractivity contribution in [2.24, 2.45) is 23.2 Å². The molecule has 5 rings (SSSR count). The SMILES string of the molecule is Cc1nnsc1C(=O)N[C@@H](C)C12CC3CC(CC(C3)C1)C2. The molecule has 1 amide bonds. The Morgan fingerprint density at radius 2 is 1.81 bits per heavy atom. The van der Waals surface area contributed by atoms with Crippen LogP contribution in [-0.4, -0.2) is 21.5 Å². The summed E-state index contributed by atoms with van der Waals surface area (Å²) in [5.74, 6) is 2.78. The Morgan fingerprint density at radius 3 is 2.29 bits per heavy atom. The summed E-state index contributed by atoms with van der Waals surface area (Å²) in [6.45, 7) is 4.07. The molecule has 1 heterocycles. The third kappa shape index (κ3) is 2.20. The maximum absolute atomic E-state index is 12.4. The minimum absolute atomic E-state index is 0.0192. The standard InChI is InChI=1S/C16H23N3OS/c1-9-14(21-19-18-9)15(20)17-10(2)16-6-11-3-12(7-16)5-13(4-11)8-16/h10-13H,3-8H2,1-2H3,(H,17,20)/t10-,11?,12?,13?,16?/m0/s1. The van der Waals surface area contributed by atoms with E-state index in [0.717, 1.165) is 23.4 Å². The average Bonchev–Trinajstić information content (AvgIpc) is 2.83. The van der Waals surface area contributed by atoms with Crippen molar-refractivity contribution in [3.63, 3.8) is 0 Å². The Balaban J connectivity index is 1.51. The van der Waals surface area contributed by atoms with Gasteiger partial charge in [-0.15, -0.1) is 5.10 Å². The highest BCUT2D eigenvalue weighted by Gasteiger charge is 2.53. The predicted molar refractivity (Wildman–Crippen MR) is 82.2 cm³/mol. The molecule has 21 heavy (non-hydrogen) atoms. The lowest BCUT2D eigenvalue weighted by molar-refractivity contribution is -0.0687. The molecule has 4 saturated carbocycles. The molecule has 0 unspecified atom stereocenters. The van der Waals surface area contributed by atoms with Crippen LogP contribution in [0.3, 0.4) is 0 Å². The smallest absolute Gasteiger partial charge is 0.265 e. The summed E-state index contributed by atoms with van der Waals surface area (Å²) in [6, 6.07) is 0.264. The van der Waals surface area contributed by atoms with Gasteiger partial charge < -0.3 is 5.32 Å². The van der Waals surface area contributed by atoms with Gasteiger partial charge in [0.2, 0.25) is 0 Å². The second-order valence-electron chi connectivity index (χ2n) is 7.66. The van der Waals surface area contributed by atoms with Gasteiger partial charge in [-0.3, -0.25) is 4.79 Å². The number of amides is 1. The molecule has 0 spiro atoms. The third-order valence-electron chi connectivity index (χ3n) is 6.21. The summed E-state index contributed by atoms with van der Waals surface area (Å²) in [5, 5.41) is 7.22. The first-order valence-corrected chi connectivity index (χ1v) is 8.93. The lowest BCUT2D eigenvalue weighted by Crippen LogP contribution is -2.55. The van der Waals surface area contributed by atoms with Crippen LogP contribution in [0.5, 0.6) is 0 Å². The summed E-state index contributed by atoms with van der Waals surface area (Å²) in [6.07, 6.45) is 8.29. The number of rotatable bonds is 3. The van der Waals surface area contributed by atoms with Crippen molar-refractivity contribution in [2.75, 3.05) is 0 Å². The largest absolute Gasteiger partial charge is 0.348 e. The zero-order chi connectivity index (χ0) is 14.6. The molecule has 0 radical (unpaired) electrons. The molecule has 1 aromatic heterocycles. The number of hydrogen-bond donors (Lipinski definition) is 1. The highest BCUT2D eigenvalue weighted by Crippen LogP contribution is 2.61. The van der Waals surface area contributed by atoms with E-state index in [4.69, 9.17) is 0 Å². The maximum atomic E-state index is 12.4. The van der Waals surface area contributed by atoms with Crippen LogP contribution in [0.2, 0.25) is 0 Å². The number of hydrogen-bond acceptors (Lipinski definition) is 4. The summed E-state index contributed by atoms with van der Waals surface area (Å²) < 4.78 is 3.87. The molecule has 4 aliphatic carbocycles. The number of aromatic nitrogens is 2. The van der Waals surface area contributed by atoms with Crippen LogP contribution in [0, 0.1) is 30.1 Å². The van der Waals surface area contributed by atoms with Gasteiger partial charge in [0.05, 0.1) is 5.69 Å². The van der Waals surface area contributed by atoms with E-state index < -0.39 is 0 Å². The normalized spacial score (nSPS) is 38.5. The van der Waals surface area contributed by atoms with Crippen molar-refractivity contribution < 1.29 is 4.79 Å². The molecule has 4 fully saturated rings. The van der Waals surface area contributed by atoms with Crippen molar-refractivity contribution in [3.05, 3.63) is 10.6 Å². The number of carbonyl (C=O) groups excluding carboxylic acids is 1. The maximum Gasteiger partial charge on any atom is 0.265 e. The van der Waals surface area contributed by atoms with Gasteiger partial charge in [0, 0.05) is 6.04 Å². The molecule has 5 heteroatoms. The minimum Gasteiger partial charge on any atom is -0.348 e. The van der Waals surface area contributed by atoms with Crippen LogP contribution in [-0.2, 0) is 0 Å². The van der Waals surface area contributed by atoms with Crippen molar-refractivity contribution in [1.82, 2.24) is 14.9 Å². The van der Waals surface area contributed by atoms with Gasteiger partial charge in [-0.05, 0) is 87.1 Å². The second kappa shape index (κ2) is 4.77. The number of carbonyl (C=O) groups is 1. The van der Waals surface area contributed by atoms with Crippen LogP contribution in [0.4, 0.5) is 0 Å². The molecule has 1 aromatic rings. The molecule has 1 atom stereocenters. The molecule has 4 bridgehead atoms. The fourth-order valence-electron chi connectivity index (χ4n) is 5.56. The Labute approximate surface area is 129 Å². The van der Waals surface area contributed by atoms with Crippen molar-refractivity contribution in [1.29, 1.82) is 0 Å². The molecule has 0 aromatic carbocycles. The Morgan fingerprint density at radius 1 is 1.24 bits per heavy atom. The lowest BCUT2D eigenvalue weighted by atomic mass is 9.48. The van der Waals surface area contributed by atoms with Gasteiger partial charge in [-0.2, -0.15) is 0 Å². The first-order chi connectivity index (χ1) is 10.1. The number of nitrogens with one attached hydrogen (secondary N) is 1. The molecule has 114 valence electrons. The van der Waals surface area contributed by atoms with Gasteiger partial charge in [-0.1, -0.05) is 4.49 Å². The zero-order valence-electron chi connectivity index (χ0n) is 12.8. The summed E-state index contributed by atoms with van der Waals surface area (Å²) in [5.41, 5.74) is 1.10. The number of nitrogens with zero attached hydrogens (tertiary/aromatic N) is 2. The van der Waals surface area contributed by atoms with E-state index in [1.165, 1.54) is 50.1 Å². The molecular formula is C16H23N3OS. The number of aryl methyl sites for hydroxylation is 1. The fraction of sp³-hybridized carbons (Fsp3) is 0.812. The van der Waals surface area contributed by atoms with E-state index in [1.807, 2.05) is 6.92 Å². The van der Waals surface area contributed by atoms with Gasteiger partial charge >= 0.3 is 0 Å². The molecule has 1 N–H and O–H groups in total. The minimum atomic E-state index is 0.0192. The Hall–Kier alpha value is -0.970. The second-order valence-corrected chi connectivity index (χ2v) is 8.42. The Bertz CT molecular complexity index is 532. The van der Waals surface area contributed by atoms with Gasteiger partial charge in [0.1, 0.15) is 4.88 Å². The van der Waals surface area contributed by atoms with E-state index in [-0.39, 0.29) is 11.9 Å². The molecule has 4 nitrogen and oxygen atoms in total. The van der Waals surface area contributed by atoms with Crippen LogP contribution >= 0.6 is 11.5 Å². The summed E-state index contributed by atoms with van der Waals surface area (Å²) in [7, 11) is 0. The Kier molecular flexibility index (Phi) is 3.10. The third-order valence-corrected chi connectivity index (χ3v) is 7.04. The first-order valence-electron chi connectivity index (χ1n) is 8.15. The molecular weight excluding hydrogens is 282 g/mol. The van der Waals surface area contributed by atoms with E-state index in [9.17, 15) is 4.79 Å². The van der Waals surface area contributed by atoms with Gasteiger partial charge in [0.25, 0.3) is 5.91 Å². The average molecular weight is 305 g/mol. The summed E-state index contributed by atoms with van der Waals surface area (Å²) >= 11 is 1.20. The van der Waals surface area contributed by atoms with Gasteiger partial charge in [-0.25, -0.2) is 0 Å². The van der Waals surface area contributed by atoms with Crippen LogP contribution in [0.15, 0.2) is 0 Å².